The predicted molar refractivity (Wildman–Crippen MR) is 250 cm³/mol. The van der Waals surface area contributed by atoms with E-state index in [1.54, 1.807) is 21.9 Å². The Morgan fingerprint density at radius 2 is 1.10 bits per heavy atom. The van der Waals surface area contributed by atoms with E-state index in [0.29, 0.717) is 83.6 Å². The lowest BCUT2D eigenvalue weighted by molar-refractivity contribution is -0.136. The van der Waals surface area contributed by atoms with E-state index in [1.807, 2.05) is 39.8 Å². The van der Waals surface area contributed by atoms with Crippen molar-refractivity contribution in [2.75, 3.05) is 32.2 Å². The molecule has 4 amide bonds. The normalized spacial score (nSPS) is 20.9. The third kappa shape index (κ3) is 9.25. The van der Waals surface area contributed by atoms with Crippen molar-refractivity contribution in [3.8, 4) is 0 Å². The van der Waals surface area contributed by atoms with E-state index in [2.05, 4.69) is 58.4 Å². The molecule has 15 nitrogen and oxygen atoms in total. The van der Waals surface area contributed by atoms with E-state index < -0.39 is 60.1 Å². The third-order valence-corrected chi connectivity index (χ3v) is 13.9. The summed E-state index contributed by atoms with van der Waals surface area (Å²) in [5, 5.41) is 5.36. The van der Waals surface area contributed by atoms with Crippen LogP contribution in [0.15, 0.2) is 48.5 Å². The number of carbonyl (C=O) groups is 4. The Balaban J connectivity index is 1.12. The summed E-state index contributed by atoms with van der Waals surface area (Å²) in [6.45, 7) is 14.8. The minimum atomic E-state index is -0.796. The average Bonchev–Trinajstić information content (AvgIpc) is 4.15. The van der Waals surface area contributed by atoms with E-state index in [-0.39, 0.29) is 29.1 Å². The molecule has 8 rings (SSSR count). The number of carbonyl (C=O) groups excluding carboxylic acids is 4. The molecule has 6 atom stereocenters. The van der Waals surface area contributed by atoms with Gasteiger partial charge in [-0.05, 0) is 91.7 Å². The number of methoxy groups -OCH3 is 2. The molecule has 1 unspecified atom stereocenters. The fourth-order valence-electron chi connectivity index (χ4n) is 10.3. The molecule has 67 heavy (non-hydrogen) atoms. The Morgan fingerprint density at radius 3 is 1.57 bits per heavy atom. The molecular formula is C50H63F2N9O6. The number of likely N-dealkylation sites (tertiary alicyclic amines) is 2. The zero-order valence-electron chi connectivity index (χ0n) is 39.8. The number of benzene rings is 3. The van der Waals surface area contributed by atoms with Crippen molar-refractivity contribution >= 4 is 51.8 Å². The number of nitrogens with one attached hydrogen (secondary N) is 4. The first-order valence-electron chi connectivity index (χ1n) is 23.4. The smallest absolute Gasteiger partial charge is 0.407 e. The summed E-state index contributed by atoms with van der Waals surface area (Å²) in [5.74, 6) is -0.678. The molecule has 3 fully saturated rings. The average molecular weight is 924 g/mol. The monoisotopic (exact) mass is 923 g/mol. The lowest BCUT2D eigenvalue weighted by Crippen LogP contribution is -2.51. The summed E-state index contributed by atoms with van der Waals surface area (Å²) in [6.07, 6.45) is 2.42. The van der Waals surface area contributed by atoms with Crippen molar-refractivity contribution in [1.82, 2.24) is 40.4 Å². The quantitative estimate of drug-likeness (QED) is 0.101. The Bertz CT molecular complexity index is 2510. The van der Waals surface area contributed by atoms with Crippen LogP contribution in [0.1, 0.15) is 139 Å². The minimum absolute atomic E-state index is 0.118. The van der Waals surface area contributed by atoms with Gasteiger partial charge in [-0.2, -0.15) is 0 Å². The van der Waals surface area contributed by atoms with Crippen LogP contribution in [0.25, 0.3) is 22.1 Å². The molecular weight excluding hydrogens is 861 g/mol. The van der Waals surface area contributed by atoms with E-state index in [0.717, 1.165) is 24.1 Å². The highest BCUT2D eigenvalue weighted by Gasteiger charge is 2.42. The van der Waals surface area contributed by atoms with Gasteiger partial charge in [0, 0.05) is 36.0 Å². The van der Waals surface area contributed by atoms with Crippen LogP contribution in [0.2, 0.25) is 0 Å². The summed E-state index contributed by atoms with van der Waals surface area (Å²) in [4.78, 5) is 74.1. The number of H-pyrrole nitrogens is 2. The van der Waals surface area contributed by atoms with E-state index >= 15 is 8.78 Å². The second kappa shape index (κ2) is 18.8. The molecule has 0 aliphatic carbocycles. The number of fused-ring (bicyclic) bond motifs is 2. The SMILES string of the molecule is COC(=O)NC(C(=O)N1CCC[C@H]1c1nc2cc(F)c([C@@H]3CC[C@H](c4cc5nc([C@@H]6CCCN6C(=O)[C@@H](NC(=O)OC)C(C)C)[nH]c5cc4F)N3c3ccc(C(C)(C)C)cc3)cc2[nH]1)C(C)C. The van der Waals surface area contributed by atoms with Gasteiger partial charge in [-0.3, -0.25) is 9.59 Å². The van der Waals surface area contributed by atoms with Crippen molar-refractivity contribution < 1.29 is 37.4 Å². The van der Waals surface area contributed by atoms with Gasteiger partial charge in [-0.15, -0.1) is 0 Å². The number of rotatable bonds is 11. The van der Waals surface area contributed by atoms with Crippen LogP contribution in [0, 0.1) is 23.5 Å². The van der Waals surface area contributed by atoms with Crippen LogP contribution < -0.4 is 15.5 Å². The minimum Gasteiger partial charge on any atom is -0.453 e. The van der Waals surface area contributed by atoms with Gasteiger partial charge in [0.25, 0.3) is 0 Å². The lowest BCUT2D eigenvalue weighted by atomic mass is 9.87. The standard InChI is InChI=1S/C50H63F2N9O6/c1-26(2)42(57-48(64)66-8)46(62)59-20-10-12-40(59)44-53-34-22-30(32(51)24-36(34)55-44)38-18-19-39(61(38)29-16-14-28(15-17-29)50(5,6)7)31-23-35-37(25-33(31)52)56-45(54-35)41-13-11-21-60(41)47(63)43(27(3)4)58-49(65)67-9/h14-17,22-27,38-43H,10-13,18-21H2,1-9H3,(H,53,55)(H,54,56)(H,57,64)(H,58,65)/t38-,39+,40-,41-,42?,43-/m0/s1. The number of nitrogens with zero attached hydrogens (tertiary/aromatic N) is 5. The van der Waals surface area contributed by atoms with Crippen LogP contribution in [0.3, 0.4) is 0 Å². The van der Waals surface area contributed by atoms with Crippen LogP contribution in [0.4, 0.5) is 24.1 Å². The summed E-state index contributed by atoms with van der Waals surface area (Å²) >= 11 is 0. The topological polar surface area (TPSA) is 178 Å². The van der Waals surface area contributed by atoms with Gasteiger partial charge in [0.15, 0.2) is 0 Å². The molecule has 3 saturated heterocycles. The number of anilines is 1. The number of hydrogen-bond acceptors (Lipinski definition) is 9. The lowest BCUT2D eigenvalue weighted by Gasteiger charge is -2.34. The van der Waals surface area contributed by atoms with E-state index in [1.165, 1.54) is 26.4 Å². The van der Waals surface area contributed by atoms with Gasteiger partial charge in [0.05, 0.1) is 60.5 Å². The number of imidazole rings is 2. The zero-order chi connectivity index (χ0) is 48.1. The molecule has 0 spiro atoms. The molecule has 3 aliphatic rings. The van der Waals surface area contributed by atoms with Gasteiger partial charge < -0.3 is 44.8 Å². The number of hydrogen-bond donors (Lipinski definition) is 4. The molecule has 5 aromatic rings. The molecule has 5 heterocycles. The molecule has 4 N–H and O–H groups in total. The first-order chi connectivity index (χ1) is 31.9. The van der Waals surface area contributed by atoms with Crippen molar-refractivity contribution in [2.24, 2.45) is 11.8 Å². The van der Waals surface area contributed by atoms with Crippen molar-refractivity contribution in [3.05, 3.63) is 88.5 Å². The Labute approximate surface area is 389 Å². The zero-order valence-corrected chi connectivity index (χ0v) is 39.8. The van der Waals surface area contributed by atoms with Gasteiger partial charge in [0.2, 0.25) is 11.8 Å². The van der Waals surface area contributed by atoms with E-state index in [9.17, 15) is 19.2 Å². The summed E-state index contributed by atoms with van der Waals surface area (Å²) < 4.78 is 43.0. The summed E-state index contributed by atoms with van der Waals surface area (Å²) in [7, 11) is 2.52. The fourth-order valence-corrected chi connectivity index (χ4v) is 10.3. The van der Waals surface area contributed by atoms with Gasteiger partial charge in [0.1, 0.15) is 35.4 Å². The maximum absolute atomic E-state index is 16.7. The molecule has 0 bridgehead atoms. The van der Waals surface area contributed by atoms with Crippen LogP contribution in [0.5, 0.6) is 0 Å². The first kappa shape index (κ1) is 47.2. The number of amides is 4. The highest BCUT2D eigenvalue weighted by Crippen LogP contribution is 2.49. The Kier molecular flexibility index (Phi) is 13.2. The Morgan fingerprint density at radius 1 is 0.657 bits per heavy atom. The predicted octanol–water partition coefficient (Wildman–Crippen LogP) is 9.19. The number of aromatic nitrogens is 4. The molecule has 0 radical (unpaired) electrons. The second-order valence-corrected chi connectivity index (χ2v) is 19.9. The van der Waals surface area contributed by atoms with Crippen molar-refractivity contribution in [2.45, 2.75) is 129 Å². The molecule has 3 aliphatic heterocycles. The highest BCUT2D eigenvalue weighted by atomic mass is 19.1. The van der Waals surface area contributed by atoms with Crippen LogP contribution >= 0.6 is 0 Å². The summed E-state index contributed by atoms with van der Waals surface area (Å²) in [5.41, 5.74) is 4.75. The highest BCUT2D eigenvalue weighted by molar-refractivity contribution is 5.88. The largest absolute Gasteiger partial charge is 0.453 e. The molecule has 17 heteroatoms. The molecule has 2 aromatic heterocycles. The van der Waals surface area contributed by atoms with Gasteiger partial charge in [-0.25, -0.2) is 28.3 Å². The number of halogens is 2. The summed E-state index contributed by atoms with van der Waals surface area (Å²) in [6, 6.07) is 11.3. The van der Waals surface area contributed by atoms with Crippen molar-refractivity contribution in [3.63, 3.8) is 0 Å². The maximum atomic E-state index is 16.7. The number of aromatic amines is 2. The van der Waals surface area contributed by atoms with E-state index in [4.69, 9.17) is 19.4 Å². The molecule has 0 saturated carbocycles. The molecule has 3 aromatic carbocycles. The molecule has 358 valence electrons. The second-order valence-electron chi connectivity index (χ2n) is 19.9. The number of alkyl carbamates (subject to hydrolysis) is 2. The van der Waals surface area contributed by atoms with Crippen LogP contribution in [-0.2, 0) is 24.5 Å². The third-order valence-electron chi connectivity index (χ3n) is 13.9. The van der Waals surface area contributed by atoms with Crippen molar-refractivity contribution in [1.29, 1.82) is 0 Å². The fraction of sp³-hybridized carbons (Fsp3) is 0.520. The van der Waals surface area contributed by atoms with Gasteiger partial charge in [-0.1, -0.05) is 60.6 Å². The maximum Gasteiger partial charge on any atom is 0.407 e. The van der Waals surface area contributed by atoms with Crippen LogP contribution in [-0.4, -0.2) is 93.1 Å². The first-order valence-corrected chi connectivity index (χ1v) is 23.4. The number of ether oxygens (including phenoxy) is 2. The Hall–Kier alpha value is -6.26. The van der Waals surface area contributed by atoms with Gasteiger partial charge >= 0.3 is 12.2 Å².